The zero-order valence-electron chi connectivity index (χ0n) is 13.2. The lowest BCUT2D eigenvalue weighted by atomic mass is 10.00. The molecule has 5 heteroatoms. The van der Waals surface area contributed by atoms with Crippen molar-refractivity contribution < 1.29 is 4.74 Å². The minimum absolute atomic E-state index is 0.211. The van der Waals surface area contributed by atoms with Crippen molar-refractivity contribution in [3.8, 4) is 34.2 Å². The summed E-state index contributed by atoms with van der Waals surface area (Å²) in [6.07, 6.45) is 3.39. The number of ether oxygens (including phenoxy) is 1. The largest absolute Gasteiger partial charge is 0.494 e. The van der Waals surface area contributed by atoms with E-state index < -0.39 is 0 Å². The van der Waals surface area contributed by atoms with Crippen LogP contribution in [0.15, 0.2) is 54.9 Å². The lowest BCUT2D eigenvalue weighted by Gasteiger charge is -2.10. The maximum absolute atomic E-state index is 9.41. The maximum Gasteiger partial charge on any atom is 0.142 e. The van der Waals surface area contributed by atoms with E-state index in [1.165, 1.54) is 0 Å². The Bertz CT molecular complexity index is 884. The van der Waals surface area contributed by atoms with E-state index in [4.69, 9.17) is 10.5 Å². The SMILES string of the molecule is CCOc1ccc(-c2cc(-c3cccnc3)c(C#N)c(N)n2)cc1. The van der Waals surface area contributed by atoms with Crippen molar-refractivity contribution in [2.45, 2.75) is 6.92 Å². The van der Waals surface area contributed by atoms with Gasteiger partial charge in [-0.05, 0) is 43.3 Å². The Morgan fingerprint density at radius 3 is 2.58 bits per heavy atom. The third-order valence-corrected chi connectivity index (χ3v) is 3.59. The standard InChI is InChI=1S/C19H16N4O/c1-2-24-15-7-5-13(6-8-15)18-10-16(14-4-3-9-22-12-14)17(11-20)19(21)23-18/h3-10,12H,2H2,1H3,(H2,21,23). The van der Waals surface area contributed by atoms with Crippen molar-refractivity contribution in [2.75, 3.05) is 12.3 Å². The van der Waals surface area contributed by atoms with Crippen molar-refractivity contribution in [3.63, 3.8) is 0 Å². The number of benzene rings is 1. The van der Waals surface area contributed by atoms with Crippen LogP contribution in [0.3, 0.4) is 0 Å². The van der Waals surface area contributed by atoms with Crippen LogP contribution in [-0.2, 0) is 0 Å². The average molecular weight is 316 g/mol. The van der Waals surface area contributed by atoms with E-state index in [2.05, 4.69) is 16.0 Å². The zero-order chi connectivity index (χ0) is 16.9. The number of nitrogens with zero attached hydrogens (tertiary/aromatic N) is 3. The molecule has 0 aliphatic heterocycles. The van der Waals surface area contributed by atoms with Gasteiger partial charge in [0.05, 0.1) is 12.3 Å². The van der Waals surface area contributed by atoms with Crippen LogP contribution < -0.4 is 10.5 Å². The van der Waals surface area contributed by atoms with Gasteiger partial charge in [0, 0.05) is 29.1 Å². The topological polar surface area (TPSA) is 84.8 Å². The molecular formula is C19H16N4O. The Morgan fingerprint density at radius 1 is 1.17 bits per heavy atom. The molecule has 0 fully saturated rings. The van der Waals surface area contributed by atoms with E-state index in [1.807, 2.05) is 49.4 Å². The first-order valence-electron chi connectivity index (χ1n) is 7.57. The number of rotatable bonds is 4. The van der Waals surface area contributed by atoms with Crippen molar-refractivity contribution in [3.05, 3.63) is 60.4 Å². The Kier molecular flexibility index (Phi) is 4.39. The lowest BCUT2D eigenvalue weighted by molar-refractivity contribution is 0.340. The molecule has 5 nitrogen and oxygen atoms in total. The molecule has 3 rings (SSSR count). The van der Waals surface area contributed by atoms with Crippen LogP contribution in [0.4, 0.5) is 5.82 Å². The molecule has 0 aliphatic carbocycles. The highest BCUT2D eigenvalue weighted by Gasteiger charge is 2.13. The number of hydrogen-bond donors (Lipinski definition) is 1. The monoisotopic (exact) mass is 316 g/mol. The highest BCUT2D eigenvalue weighted by atomic mass is 16.5. The van der Waals surface area contributed by atoms with Crippen molar-refractivity contribution in [1.82, 2.24) is 9.97 Å². The summed E-state index contributed by atoms with van der Waals surface area (Å²) in [5.74, 6) is 1.01. The van der Waals surface area contributed by atoms with Gasteiger partial charge in [0.1, 0.15) is 23.2 Å². The summed E-state index contributed by atoms with van der Waals surface area (Å²) in [4.78, 5) is 8.48. The van der Waals surface area contributed by atoms with Crippen LogP contribution in [0.1, 0.15) is 12.5 Å². The summed E-state index contributed by atoms with van der Waals surface area (Å²) in [6.45, 7) is 2.56. The molecule has 0 amide bonds. The van der Waals surface area contributed by atoms with E-state index >= 15 is 0 Å². The molecule has 0 saturated heterocycles. The fraction of sp³-hybridized carbons (Fsp3) is 0.105. The molecule has 0 radical (unpaired) electrons. The van der Waals surface area contributed by atoms with Gasteiger partial charge in [-0.3, -0.25) is 4.98 Å². The lowest BCUT2D eigenvalue weighted by Crippen LogP contribution is -2.00. The van der Waals surface area contributed by atoms with Gasteiger partial charge in [-0.1, -0.05) is 6.07 Å². The first kappa shape index (κ1) is 15.5. The summed E-state index contributed by atoms with van der Waals surface area (Å²) < 4.78 is 5.45. The minimum Gasteiger partial charge on any atom is -0.494 e. The van der Waals surface area contributed by atoms with Crippen LogP contribution in [0.5, 0.6) is 5.75 Å². The zero-order valence-corrected chi connectivity index (χ0v) is 13.2. The van der Waals surface area contributed by atoms with Gasteiger partial charge in [-0.25, -0.2) is 4.98 Å². The van der Waals surface area contributed by atoms with Gasteiger partial charge < -0.3 is 10.5 Å². The number of aromatic nitrogens is 2. The van der Waals surface area contributed by atoms with E-state index in [-0.39, 0.29) is 5.82 Å². The Morgan fingerprint density at radius 2 is 1.96 bits per heavy atom. The normalized spacial score (nSPS) is 10.2. The molecule has 0 atom stereocenters. The third-order valence-electron chi connectivity index (χ3n) is 3.59. The number of nitrogens with two attached hydrogens (primary N) is 1. The molecule has 0 aliphatic rings. The summed E-state index contributed by atoms with van der Waals surface area (Å²) >= 11 is 0. The van der Waals surface area contributed by atoms with Gasteiger partial charge in [0.15, 0.2) is 0 Å². The molecule has 0 unspecified atom stereocenters. The van der Waals surface area contributed by atoms with E-state index in [0.29, 0.717) is 17.9 Å². The number of pyridine rings is 2. The van der Waals surface area contributed by atoms with E-state index in [1.54, 1.807) is 12.4 Å². The van der Waals surface area contributed by atoms with Gasteiger partial charge >= 0.3 is 0 Å². The molecule has 24 heavy (non-hydrogen) atoms. The van der Waals surface area contributed by atoms with Crippen molar-refractivity contribution in [1.29, 1.82) is 5.26 Å². The molecule has 0 saturated carbocycles. The molecular weight excluding hydrogens is 300 g/mol. The minimum atomic E-state index is 0.211. The number of nitriles is 1. The predicted molar refractivity (Wildman–Crippen MR) is 93.2 cm³/mol. The van der Waals surface area contributed by atoms with Crippen molar-refractivity contribution >= 4 is 5.82 Å². The first-order chi connectivity index (χ1) is 11.7. The number of anilines is 1. The Labute approximate surface area is 140 Å². The highest BCUT2D eigenvalue weighted by Crippen LogP contribution is 2.31. The Hall–Kier alpha value is -3.39. The second kappa shape index (κ2) is 6.80. The molecule has 2 N–H and O–H groups in total. The summed E-state index contributed by atoms with van der Waals surface area (Å²) in [5.41, 5.74) is 9.52. The third kappa shape index (κ3) is 3.03. The summed E-state index contributed by atoms with van der Waals surface area (Å²) in [6, 6.07) is 15.3. The van der Waals surface area contributed by atoms with Crippen molar-refractivity contribution in [2.24, 2.45) is 0 Å². The second-order valence-corrected chi connectivity index (χ2v) is 5.13. The van der Waals surface area contributed by atoms with Crippen LogP contribution in [-0.4, -0.2) is 16.6 Å². The van der Waals surface area contributed by atoms with Crippen LogP contribution in [0.2, 0.25) is 0 Å². The van der Waals surface area contributed by atoms with Gasteiger partial charge in [0.2, 0.25) is 0 Å². The van der Waals surface area contributed by atoms with Crippen LogP contribution in [0.25, 0.3) is 22.4 Å². The number of hydrogen-bond acceptors (Lipinski definition) is 5. The molecule has 0 spiro atoms. The molecule has 118 valence electrons. The maximum atomic E-state index is 9.41. The molecule has 1 aromatic carbocycles. The molecule has 3 aromatic rings. The molecule has 0 bridgehead atoms. The van der Waals surface area contributed by atoms with Gasteiger partial charge in [-0.2, -0.15) is 5.26 Å². The van der Waals surface area contributed by atoms with Crippen LogP contribution in [0, 0.1) is 11.3 Å². The fourth-order valence-electron chi connectivity index (χ4n) is 2.47. The Balaban J connectivity index is 2.10. The summed E-state index contributed by atoms with van der Waals surface area (Å²) in [5, 5.41) is 9.41. The van der Waals surface area contributed by atoms with Gasteiger partial charge in [-0.15, -0.1) is 0 Å². The number of nitrogen functional groups attached to an aromatic ring is 1. The van der Waals surface area contributed by atoms with E-state index in [9.17, 15) is 5.26 Å². The first-order valence-corrected chi connectivity index (χ1v) is 7.57. The second-order valence-electron chi connectivity index (χ2n) is 5.13. The molecule has 2 aromatic heterocycles. The predicted octanol–water partition coefficient (Wildman–Crippen LogP) is 3.66. The molecule has 2 heterocycles. The van der Waals surface area contributed by atoms with Gasteiger partial charge in [0.25, 0.3) is 0 Å². The highest BCUT2D eigenvalue weighted by molar-refractivity contribution is 5.79. The smallest absolute Gasteiger partial charge is 0.142 e. The van der Waals surface area contributed by atoms with Crippen LogP contribution >= 0.6 is 0 Å². The average Bonchev–Trinajstić information content (AvgIpc) is 2.63. The summed E-state index contributed by atoms with van der Waals surface area (Å²) in [7, 11) is 0. The quantitative estimate of drug-likeness (QED) is 0.794. The van der Waals surface area contributed by atoms with E-state index in [0.717, 1.165) is 22.4 Å². The fourth-order valence-corrected chi connectivity index (χ4v) is 2.47.